The fraction of sp³-hybridized carbons (Fsp3) is 0.200. The molecule has 0 radical (unpaired) electrons. The molecule has 1 atom stereocenters. The van der Waals surface area contributed by atoms with Crippen LogP contribution in [0.2, 0.25) is 5.02 Å². The first-order chi connectivity index (χ1) is 10.5. The molecule has 0 aliphatic heterocycles. The summed E-state index contributed by atoms with van der Waals surface area (Å²) in [5.41, 5.74) is 0.851. The Hall–Kier alpha value is -1.39. The minimum absolute atomic E-state index is 0.146. The largest absolute Gasteiger partial charge is 0.325 e. The summed E-state index contributed by atoms with van der Waals surface area (Å²) in [6.07, 6.45) is 0. The van der Waals surface area contributed by atoms with Gasteiger partial charge in [-0.1, -0.05) is 11.6 Å². The van der Waals surface area contributed by atoms with Crippen LogP contribution in [0.4, 0.5) is 5.69 Å². The molecule has 2 aromatic rings. The molecule has 0 aliphatic carbocycles. The van der Waals surface area contributed by atoms with Crippen LogP contribution in [0.3, 0.4) is 0 Å². The van der Waals surface area contributed by atoms with E-state index in [0.717, 1.165) is 15.2 Å². The highest BCUT2D eigenvalue weighted by Crippen LogP contribution is 2.21. The van der Waals surface area contributed by atoms with Crippen LogP contribution in [0.1, 0.15) is 10.4 Å². The standard InChI is InChI=1S/C15H13BrClN3OS/c1-20(8-12-4-5-14(16)22-12)9-15(21)19-13-6-11(17)3-2-10(13)7-18/h2-6H,8-9H2,1H3,(H,19,21)/p+1. The van der Waals surface area contributed by atoms with Crippen molar-refractivity contribution in [1.82, 2.24) is 0 Å². The van der Waals surface area contributed by atoms with Crippen molar-refractivity contribution >= 4 is 50.5 Å². The molecule has 1 aromatic heterocycles. The second-order valence-corrected chi connectivity index (χ2v) is 7.85. The van der Waals surface area contributed by atoms with Gasteiger partial charge in [0.15, 0.2) is 6.54 Å². The normalized spacial score (nSPS) is 11.7. The molecule has 2 rings (SSSR count). The molecule has 114 valence electrons. The van der Waals surface area contributed by atoms with E-state index in [1.807, 2.05) is 25.2 Å². The van der Waals surface area contributed by atoms with E-state index in [1.165, 1.54) is 4.88 Å². The van der Waals surface area contributed by atoms with Gasteiger partial charge in [0, 0.05) is 5.02 Å². The molecular formula is C15H14BrClN3OS+. The van der Waals surface area contributed by atoms with Gasteiger partial charge in [0.2, 0.25) is 0 Å². The van der Waals surface area contributed by atoms with Gasteiger partial charge in [0.05, 0.1) is 27.0 Å². The number of rotatable bonds is 5. The maximum Gasteiger partial charge on any atom is 0.279 e. The van der Waals surface area contributed by atoms with Gasteiger partial charge in [-0.15, -0.1) is 11.3 Å². The van der Waals surface area contributed by atoms with Crippen LogP contribution < -0.4 is 10.2 Å². The van der Waals surface area contributed by atoms with Gasteiger partial charge in [0.1, 0.15) is 12.6 Å². The van der Waals surface area contributed by atoms with Crippen LogP contribution in [0.5, 0.6) is 0 Å². The molecule has 22 heavy (non-hydrogen) atoms. The number of nitrogens with zero attached hydrogens (tertiary/aromatic N) is 1. The van der Waals surface area contributed by atoms with Crippen molar-refractivity contribution < 1.29 is 9.69 Å². The molecule has 7 heteroatoms. The van der Waals surface area contributed by atoms with Gasteiger partial charge < -0.3 is 10.2 Å². The van der Waals surface area contributed by atoms with Crippen LogP contribution in [0, 0.1) is 11.3 Å². The molecule has 0 saturated carbocycles. The van der Waals surface area contributed by atoms with Crippen LogP contribution in [-0.2, 0) is 11.3 Å². The smallest absolute Gasteiger partial charge is 0.279 e. The zero-order valence-electron chi connectivity index (χ0n) is 11.8. The molecule has 1 unspecified atom stereocenters. The summed E-state index contributed by atoms with van der Waals surface area (Å²) in [6.45, 7) is 1.08. The fourth-order valence-electron chi connectivity index (χ4n) is 1.99. The van der Waals surface area contributed by atoms with Crippen LogP contribution >= 0.6 is 38.9 Å². The van der Waals surface area contributed by atoms with Gasteiger partial charge >= 0.3 is 0 Å². The molecule has 0 fully saturated rings. The number of amides is 1. The number of carbonyl (C=O) groups excluding carboxylic acids is 1. The van der Waals surface area contributed by atoms with E-state index in [4.69, 9.17) is 16.9 Å². The van der Waals surface area contributed by atoms with Crippen LogP contribution in [0.25, 0.3) is 0 Å². The molecule has 1 aromatic carbocycles. The van der Waals surface area contributed by atoms with Crippen molar-refractivity contribution in [3.8, 4) is 6.07 Å². The van der Waals surface area contributed by atoms with Crippen molar-refractivity contribution in [3.05, 3.63) is 49.6 Å². The van der Waals surface area contributed by atoms with E-state index in [1.54, 1.807) is 29.5 Å². The molecule has 1 amide bonds. The molecule has 0 aliphatic rings. The lowest BCUT2D eigenvalue weighted by Crippen LogP contribution is -3.08. The highest BCUT2D eigenvalue weighted by atomic mass is 79.9. The average Bonchev–Trinajstić information content (AvgIpc) is 2.83. The molecule has 4 nitrogen and oxygen atoms in total. The maximum atomic E-state index is 12.1. The summed E-state index contributed by atoms with van der Waals surface area (Å²) >= 11 is 11.0. The van der Waals surface area contributed by atoms with Crippen molar-refractivity contribution in [2.75, 3.05) is 18.9 Å². The minimum Gasteiger partial charge on any atom is -0.325 e. The molecular weight excluding hydrogens is 386 g/mol. The maximum absolute atomic E-state index is 12.1. The summed E-state index contributed by atoms with van der Waals surface area (Å²) in [5, 5.41) is 12.3. The van der Waals surface area contributed by atoms with Gasteiger partial charge in [-0.3, -0.25) is 4.79 Å². The third-order valence-electron chi connectivity index (χ3n) is 2.94. The lowest BCUT2D eigenvalue weighted by Gasteiger charge is -2.13. The van der Waals surface area contributed by atoms with E-state index >= 15 is 0 Å². The Morgan fingerprint density at radius 3 is 2.86 bits per heavy atom. The number of nitrogens with one attached hydrogen (secondary N) is 2. The van der Waals surface area contributed by atoms with Crippen LogP contribution in [-0.4, -0.2) is 19.5 Å². The van der Waals surface area contributed by atoms with Crippen LogP contribution in [0.15, 0.2) is 34.1 Å². The molecule has 1 heterocycles. The predicted molar refractivity (Wildman–Crippen MR) is 92.3 cm³/mol. The molecule has 0 saturated heterocycles. The number of thiophene rings is 1. The number of halogens is 2. The number of carbonyl (C=O) groups is 1. The van der Waals surface area contributed by atoms with E-state index < -0.39 is 0 Å². The Morgan fingerprint density at radius 2 is 2.23 bits per heavy atom. The van der Waals surface area contributed by atoms with Crippen molar-refractivity contribution in [2.24, 2.45) is 0 Å². The SMILES string of the molecule is C[NH+](CC(=O)Nc1cc(Cl)ccc1C#N)Cc1ccc(Br)s1. The Morgan fingerprint density at radius 1 is 1.45 bits per heavy atom. The van der Waals surface area contributed by atoms with E-state index in [2.05, 4.69) is 21.2 Å². The van der Waals surface area contributed by atoms with Gasteiger partial charge in [-0.25, -0.2) is 0 Å². The van der Waals surface area contributed by atoms with Crippen molar-refractivity contribution in [2.45, 2.75) is 6.54 Å². The highest BCUT2D eigenvalue weighted by molar-refractivity contribution is 9.11. The number of anilines is 1. The Labute approximate surface area is 146 Å². The summed E-state index contributed by atoms with van der Waals surface area (Å²) < 4.78 is 1.08. The number of quaternary nitrogens is 1. The zero-order chi connectivity index (χ0) is 16.1. The van der Waals surface area contributed by atoms with E-state index in [0.29, 0.717) is 22.8 Å². The Kier molecular flexibility index (Phi) is 5.98. The number of benzene rings is 1. The number of hydrogen-bond donors (Lipinski definition) is 2. The number of nitriles is 1. The fourth-order valence-corrected chi connectivity index (χ4v) is 3.76. The zero-order valence-corrected chi connectivity index (χ0v) is 15.0. The molecule has 0 bridgehead atoms. The first-order valence-electron chi connectivity index (χ1n) is 6.53. The second kappa shape index (κ2) is 7.75. The monoisotopic (exact) mass is 398 g/mol. The number of likely N-dealkylation sites (N-methyl/N-ethyl adjacent to an activating group) is 1. The Bertz CT molecular complexity index is 726. The highest BCUT2D eigenvalue weighted by Gasteiger charge is 2.13. The third kappa shape index (κ3) is 4.82. The van der Waals surface area contributed by atoms with E-state index in [-0.39, 0.29) is 5.91 Å². The third-order valence-corrected chi connectivity index (χ3v) is 4.80. The van der Waals surface area contributed by atoms with Gasteiger partial charge in [-0.2, -0.15) is 5.26 Å². The predicted octanol–water partition coefficient (Wildman–Crippen LogP) is 2.69. The topological polar surface area (TPSA) is 57.3 Å². The summed E-state index contributed by atoms with van der Waals surface area (Å²) in [7, 11) is 1.95. The summed E-state index contributed by atoms with van der Waals surface area (Å²) in [4.78, 5) is 14.4. The molecule has 0 spiro atoms. The molecule has 2 N–H and O–H groups in total. The lowest BCUT2D eigenvalue weighted by molar-refractivity contribution is -0.884. The first-order valence-corrected chi connectivity index (χ1v) is 8.51. The van der Waals surface area contributed by atoms with Gasteiger partial charge in [-0.05, 0) is 46.3 Å². The minimum atomic E-state index is -0.146. The van der Waals surface area contributed by atoms with Crippen molar-refractivity contribution in [1.29, 1.82) is 5.26 Å². The first kappa shape index (κ1) is 17.0. The average molecular weight is 400 g/mol. The van der Waals surface area contributed by atoms with E-state index in [9.17, 15) is 4.79 Å². The summed E-state index contributed by atoms with van der Waals surface area (Å²) in [6, 6.07) is 10.9. The Balaban J connectivity index is 1.95. The number of hydrogen-bond acceptors (Lipinski definition) is 3. The van der Waals surface area contributed by atoms with Crippen molar-refractivity contribution in [3.63, 3.8) is 0 Å². The van der Waals surface area contributed by atoms with Gasteiger partial charge in [0.25, 0.3) is 5.91 Å². The quantitative estimate of drug-likeness (QED) is 0.812. The second-order valence-electron chi connectivity index (χ2n) is 4.87. The lowest BCUT2D eigenvalue weighted by atomic mass is 10.2. The summed E-state index contributed by atoms with van der Waals surface area (Å²) in [5.74, 6) is -0.146.